The summed E-state index contributed by atoms with van der Waals surface area (Å²) in [6.45, 7) is 2.29. The fraction of sp³-hybridized carbons (Fsp3) is 0.556. The normalized spacial score (nSPS) is 16.0. The number of nitrogens with zero attached hydrogens (tertiary/aromatic N) is 2. The third kappa shape index (κ3) is 5.59. The second kappa shape index (κ2) is 9.61. The van der Waals surface area contributed by atoms with Crippen LogP contribution in [0.25, 0.3) is 0 Å². The molecule has 2 N–H and O–H groups in total. The number of carbonyl (C=O) groups excluding carboxylic acids is 1. The van der Waals surface area contributed by atoms with Gasteiger partial charge in [0.25, 0.3) is 0 Å². The number of halogens is 2. The van der Waals surface area contributed by atoms with Gasteiger partial charge in [-0.15, -0.1) is 0 Å². The lowest BCUT2D eigenvalue weighted by molar-refractivity contribution is -0.121. The van der Waals surface area contributed by atoms with Crippen LogP contribution in [0.15, 0.2) is 23.2 Å². The van der Waals surface area contributed by atoms with Crippen molar-refractivity contribution in [3.05, 3.63) is 34.6 Å². The average Bonchev–Trinajstić information content (AvgIpc) is 2.61. The molecule has 2 rings (SSSR count). The first-order valence-corrected chi connectivity index (χ1v) is 9.02. The molecule has 0 spiro atoms. The number of amides is 1. The van der Waals surface area contributed by atoms with Gasteiger partial charge < -0.3 is 15.5 Å². The minimum absolute atomic E-state index is 0.0997. The van der Waals surface area contributed by atoms with Crippen molar-refractivity contribution in [2.75, 3.05) is 33.7 Å². The zero-order valence-corrected chi connectivity index (χ0v) is 15.6. The maximum atomic E-state index is 13.8. The molecule has 25 heavy (non-hydrogen) atoms. The van der Waals surface area contributed by atoms with Gasteiger partial charge in [-0.05, 0) is 37.3 Å². The average molecular weight is 369 g/mol. The highest BCUT2D eigenvalue weighted by Crippen LogP contribution is 2.21. The summed E-state index contributed by atoms with van der Waals surface area (Å²) in [5.74, 6) is 1.06. The van der Waals surface area contributed by atoms with E-state index in [-0.39, 0.29) is 11.7 Å². The zero-order valence-electron chi connectivity index (χ0n) is 14.8. The standard InChI is InChI=1S/C18H26ClFN4O/c1-21-17(25)12-13-7-10-24(11-8-13)18(22-2)23-9-6-14-15(19)4-3-5-16(14)20/h3-5,13H,6-12H2,1-2H3,(H,21,25)(H,22,23). The van der Waals surface area contributed by atoms with Gasteiger partial charge in [0.15, 0.2) is 5.96 Å². The molecule has 1 saturated heterocycles. The molecule has 5 nitrogen and oxygen atoms in total. The molecule has 1 aliphatic heterocycles. The molecule has 1 heterocycles. The van der Waals surface area contributed by atoms with Gasteiger partial charge in [-0.1, -0.05) is 17.7 Å². The Hall–Kier alpha value is -1.82. The summed E-state index contributed by atoms with van der Waals surface area (Å²) < 4.78 is 13.8. The van der Waals surface area contributed by atoms with Gasteiger partial charge in [0.05, 0.1) is 0 Å². The lowest BCUT2D eigenvalue weighted by Gasteiger charge is -2.34. The van der Waals surface area contributed by atoms with Crippen molar-refractivity contribution in [1.29, 1.82) is 0 Å². The van der Waals surface area contributed by atoms with Crippen molar-refractivity contribution in [1.82, 2.24) is 15.5 Å². The molecule has 7 heteroatoms. The summed E-state index contributed by atoms with van der Waals surface area (Å²) in [4.78, 5) is 18.0. The first-order chi connectivity index (χ1) is 12.0. The second-order valence-electron chi connectivity index (χ2n) is 6.23. The van der Waals surface area contributed by atoms with Gasteiger partial charge in [-0.2, -0.15) is 0 Å². The van der Waals surface area contributed by atoms with E-state index in [1.54, 1.807) is 26.2 Å². The fourth-order valence-corrected chi connectivity index (χ4v) is 3.37. The highest BCUT2D eigenvalue weighted by Gasteiger charge is 2.23. The Morgan fingerprint density at radius 2 is 2.12 bits per heavy atom. The summed E-state index contributed by atoms with van der Waals surface area (Å²) >= 11 is 6.06. The van der Waals surface area contributed by atoms with E-state index in [1.807, 2.05) is 0 Å². The van der Waals surface area contributed by atoms with Gasteiger partial charge in [0, 0.05) is 50.7 Å². The second-order valence-corrected chi connectivity index (χ2v) is 6.64. The van der Waals surface area contributed by atoms with E-state index in [1.165, 1.54) is 6.07 Å². The summed E-state index contributed by atoms with van der Waals surface area (Å²) in [5, 5.41) is 6.41. The molecular formula is C18H26ClFN4O. The van der Waals surface area contributed by atoms with Crippen molar-refractivity contribution >= 4 is 23.5 Å². The lowest BCUT2D eigenvalue weighted by atomic mass is 9.93. The van der Waals surface area contributed by atoms with E-state index >= 15 is 0 Å². The molecule has 1 aliphatic rings. The number of piperidine rings is 1. The minimum atomic E-state index is -0.278. The van der Waals surface area contributed by atoms with E-state index in [4.69, 9.17) is 11.6 Å². The zero-order chi connectivity index (χ0) is 18.2. The molecule has 0 radical (unpaired) electrons. The number of likely N-dealkylation sites (tertiary alicyclic amines) is 1. The van der Waals surface area contributed by atoms with Gasteiger partial charge in [0.2, 0.25) is 5.91 Å². The van der Waals surface area contributed by atoms with Crippen LogP contribution < -0.4 is 10.6 Å². The Morgan fingerprint density at radius 3 is 2.72 bits per heavy atom. The predicted octanol–water partition coefficient (Wildman–Crippen LogP) is 2.45. The van der Waals surface area contributed by atoms with E-state index in [9.17, 15) is 9.18 Å². The molecule has 0 saturated carbocycles. The predicted molar refractivity (Wildman–Crippen MR) is 99.5 cm³/mol. The number of aliphatic imine (C=N–C) groups is 1. The maximum Gasteiger partial charge on any atom is 0.220 e. The van der Waals surface area contributed by atoms with Crippen LogP contribution in [0.5, 0.6) is 0 Å². The monoisotopic (exact) mass is 368 g/mol. The number of carbonyl (C=O) groups is 1. The SMILES string of the molecule is CN=C(NCCc1c(F)cccc1Cl)N1CCC(CC(=O)NC)CC1. The van der Waals surface area contributed by atoms with Gasteiger partial charge in [0.1, 0.15) is 5.82 Å². The van der Waals surface area contributed by atoms with Crippen LogP contribution in [0.2, 0.25) is 5.02 Å². The number of guanidine groups is 1. The highest BCUT2D eigenvalue weighted by molar-refractivity contribution is 6.31. The molecule has 1 aromatic carbocycles. The summed E-state index contributed by atoms with van der Waals surface area (Å²) in [7, 11) is 3.42. The van der Waals surface area contributed by atoms with Crippen LogP contribution in [0, 0.1) is 11.7 Å². The van der Waals surface area contributed by atoms with E-state index in [0.29, 0.717) is 35.9 Å². The Kier molecular flexibility index (Phi) is 7.50. The molecular weight excluding hydrogens is 343 g/mol. The molecule has 0 atom stereocenters. The van der Waals surface area contributed by atoms with Crippen LogP contribution in [-0.2, 0) is 11.2 Å². The molecule has 0 bridgehead atoms. The van der Waals surface area contributed by atoms with Gasteiger partial charge >= 0.3 is 0 Å². The quantitative estimate of drug-likeness (QED) is 0.620. The van der Waals surface area contributed by atoms with Gasteiger partial charge in [-0.3, -0.25) is 9.79 Å². The topological polar surface area (TPSA) is 56.7 Å². The summed E-state index contributed by atoms with van der Waals surface area (Å²) in [6, 6.07) is 4.73. The summed E-state index contributed by atoms with van der Waals surface area (Å²) in [5.41, 5.74) is 0.524. The fourth-order valence-electron chi connectivity index (χ4n) is 3.12. The number of rotatable bonds is 5. The number of hydrogen-bond donors (Lipinski definition) is 2. The Balaban J connectivity index is 1.81. The number of nitrogens with one attached hydrogen (secondary N) is 2. The van der Waals surface area contributed by atoms with Crippen LogP contribution in [0.4, 0.5) is 4.39 Å². The van der Waals surface area contributed by atoms with E-state index in [2.05, 4.69) is 20.5 Å². The first kappa shape index (κ1) is 19.5. The van der Waals surface area contributed by atoms with Crippen LogP contribution in [0.1, 0.15) is 24.8 Å². The maximum absolute atomic E-state index is 13.8. The van der Waals surface area contributed by atoms with E-state index in [0.717, 1.165) is 31.9 Å². The number of benzene rings is 1. The molecule has 0 unspecified atom stereocenters. The Morgan fingerprint density at radius 1 is 1.40 bits per heavy atom. The van der Waals surface area contributed by atoms with Crippen LogP contribution in [-0.4, -0.2) is 50.5 Å². The summed E-state index contributed by atoms with van der Waals surface area (Å²) in [6.07, 6.45) is 3.01. The third-order valence-corrected chi connectivity index (χ3v) is 4.95. The number of hydrogen-bond acceptors (Lipinski definition) is 2. The minimum Gasteiger partial charge on any atom is -0.359 e. The molecule has 1 aromatic rings. The van der Waals surface area contributed by atoms with Crippen LogP contribution in [0.3, 0.4) is 0 Å². The van der Waals surface area contributed by atoms with Crippen LogP contribution >= 0.6 is 11.6 Å². The van der Waals surface area contributed by atoms with Crippen molar-refractivity contribution < 1.29 is 9.18 Å². The molecule has 138 valence electrons. The molecule has 0 aromatic heterocycles. The highest BCUT2D eigenvalue weighted by atomic mass is 35.5. The lowest BCUT2D eigenvalue weighted by Crippen LogP contribution is -2.46. The Bertz CT molecular complexity index is 595. The molecule has 0 aliphatic carbocycles. The third-order valence-electron chi connectivity index (χ3n) is 4.60. The van der Waals surface area contributed by atoms with Gasteiger partial charge in [-0.25, -0.2) is 4.39 Å². The molecule has 1 fully saturated rings. The molecule has 1 amide bonds. The van der Waals surface area contributed by atoms with Crippen molar-refractivity contribution in [2.24, 2.45) is 10.9 Å². The van der Waals surface area contributed by atoms with Crippen molar-refractivity contribution in [2.45, 2.75) is 25.7 Å². The van der Waals surface area contributed by atoms with Crippen molar-refractivity contribution in [3.8, 4) is 0 Å². The first-order valence-electron chi connectivity index (χ1n) is 8.64. The van der Waals surface area contributed by atoms with E-state index < -0.39 is 0 Å². The van der Waals surface area contributed by atoms with Crippen molar-refractivity contribution in [3.63, 3.8) is 0 Å². The Labute approximate surface area is 153 Å². The largest absolute Gasteiger partial charge is 0.359 e. The smallest absolute Gasteiger partial charge is 0.220 e.